The number of aryl methyl sites for hydroxylation is 1. The molecule has 182 valence electrons. The van der Waals surface area contributed by atoms with Gasteiger partial charge in [0.15, 0.2) is 11.5 Å². The van der Waals surface area contributed by atoms with Gasteiger partial charge in [0.25, 0.3) is 0 Å². The van der Waals surface area contributed by atoms with E-state index in [2.05, 4.69) is 82.8 Å². The summed E-state index contributed by atoms with van der Waals surface area (Å²) in [5, 5.41) is 4.56. The first-order chi connectivity index (χ1) is 17.6. The summed E-state index contributed by atoms with van der Waals surface area (Å²) in [5.74, 6) is 1.47. The third-order valence-corrected chi connectivity index (χ3v) is 7.61. The summed E-state index contributed by atoms with van der Waals surface area (Å²) < 4.78 is 14.2. The lowest BCUT2D eigenvalue weighted by atomic mass is 10.1. The van der Waals surface area contributed by atoms with Crippen molar-refractivity contribution in [2.45, 2.75) is 27.0 Å². The Morgan fingerprint density at radius 1 is 0.889 bits per heavy atom. The third kappa shape index (κ3) is 5.72. The molecule has 0 spiro atoms. The number of hydrogen-bond donors (Lipinski definition) is 1. The van der Waals surface area contributed by atoms with E-state index in [9.17, 15) is 0 Å². The minimum absolute atomic E-state index is 0.492. The average molecular weight is 560 g/mol. The van der Waals surface area contributed by atoms with Gasteiger partial charge in [-0.05, 0) is 79.1 Å². The van der Waals surface area contributed by atoms with Crippen molar-refractivity contribution in [3.8, 4) is 22.1 Å². The predicted molar refractivity (Wildman–Crippen MR) is 153 cm³/mol. The maximum Gasteiger partial charge on any atom is 0.162 e. The van der Waals surface area contributed by atoms with E-state index in [1.165, 1.54) is 10.3 Å². The first-order valence-electron chi connectivity index (χ1n) is 11.9. The van der Waals surface area contributed by atoms with Crippen LogP contribution >= 0.6 is 27.3 Å². The van der Waals surface area contributed by atoms with Gasteiger partial charge in [0, 0.05) is 22.3 Å². The lowest BCUT2D eigenvalue weighted by molar-refractivity contribution is 0.269. The molecular weight excluding hydrogens is 532 g/mol. The highest BCUT2D eigenvalue weighted by Crippen LogP contribution is 2.35. The van der Waals surface area contributed by atoms with Gasteiger partial charge in [-0.1, -0.05) is 52.3 Å². The summed E-state index contributed by atoms with van der Waals surface area (Å²) in [7, 11) is 0. The van der Waals surface area contributed by atoms with Crippen molar-refractivity contribution in [2.75, 3.05) is 11.9 Å². The molecule has 4 aromatic carbocycles. The second kappa shape index (κ2) is 11.1. The van der Waals surface area contributed by atoms with Crippen molar-refractivity contribution in [3.05, 3.63) is 106 Å². The monoisotopic (exact) mass is 558 g/mol. The summed E-state index contributed by atoms with van der Waals surface area (Å²) in [6.07, 6.45) is 0. The van der Waals surface area contributed by atoms with Crippen molar-refractivity contribution in [2.24, 2.45) is 0 Å². The van der Waals surface area contributed by atoms with Crippen LogP contribution in [-0.4, -0.2) is 11.6 Å². The molecule has 0 radical (unpaired) electrons. The molecule has 4 nitrogen and oxygen atoms in total. The highest BCUT2D eigenvalue weighted by Gasteiger charge is 2.12. The summed E-state index contributed by atoms with van der Waals surface area (Å²) in [4.78, 5) is 4.79. The zero-order valence-corrected chi connectivity index (χ0v) is 22.7. The molecule has 0 unspecified atom stereocenters. The SMILES string of the molecule is CCOc1cc(CNc2ccc(-c3nc4ccc(C)cc4s3)cc2)c(Br)cc1OCc1ccccc1. The molecule has 5 aromatic rings. The Balaban J connectivity index is 1.27. The van der Waals surface area contributed by atoms with Crippen LogP contribution in [0.2, 0.25) is 0 Å². The number of benzene rings is 4. The zero-order valence-electron chi connectivity index (χ0n) is 20.3. The Bertz CT molecular complexity index is 1470. The first-order valence-corrected chi connectivity index (χ1v) is 13.5. The van der Waals surface area contributed by atoms with Gasteiger partial charge < -0.3 is 14.8 Å². The van der Waals surface area contributed by atoms with E-state index in [-0.39, 0.29) is 0 Å². The predicted octanol–water partition coefficient (Wildman–Crippen LogP) is 8.62. The second-order valence-corrected chi connectivity index (χ2v) is 10.4. The van der Waals surface area contributed by atoms with Gasteiger partial charge in [0.05, 0.1) is 16.8 Å². The third-order valence-electron chi connectivity index (χ3n) is 5.81. The number of rotatable bonds is 9. The van der Waals surface area contributed by atoms with E-state index >= 15 is 0 Å². The fourth-order valence-electron chi connectivity index (χ4n) is 3.91. The molecule has 0 saturated carbocycles. The van der Waals surface area contributed by atoms with Crippen molar-refractivity contribution in [3.63, 3.8) is 0 Å². The number of hydrogen-bond acceptors (Lipinski definition) is 5. The number of fused-ring (bicyclic) bond motifs is 1. The molecule has 36 heavy (non-hydrogen) atoms. The number of halogens is 1. The number of nitrogens with one attached hydrogen (secondary N) is 1. The number of anilines is 1. The van der Waals surface area contributed by atoms with E-state index in [4.69, 9.17) is 14.5 Å². The Kier molecular flexibility index (Phi) is 7.54. The Labute approximate surface area is 224 Å². The minimum Gasteiger partial charge on any atom is -0.490 e. The van der Waals surface area contributed by atoms with E-state index in [0.717, 1.165) is 48.9 Å². The van der Waals surface area contributed by atoms with Crippen LogP contribution in [0.4, 0.5) is 5.69 Å². The molecule has 1 aromatic heterocycles. The van der Waals surface area contributed by atoms with Crippen LogP contribution in [-0.2, 0) is 13.2 Å². The molecule has 0 aliphatic rings. The highest BCUT2D eigenvalue weighted by molar-refractivity contribution is 9.10. The van der Waals surface area contributed by atoms with E-state index in [1.54, 1.807) is 11.3 Å². The summed E-state index contributed by atoms with van der Waals surface area (Å²) in [5.41, 5.74) is 6.69. The molecular formula is C30H27BrN2O2S. The summed E-state index contributed by atoms with van der Waals surface area (Å²) >= 11 is 5.44. The van der Waals surface area contributed by atoms with Crippen molar-refractivity contribution in [1.29, 1.82) is 0 Å². The molecule has 0 bridgehead atoms. The van der Waals surface area contributed by atoms with Crippen LogP contribution in [0.1, 0.15) is 23.6 Å². The molecule has 0 saturated heterocycles. The molecule has 1 heterocycles. The van der Waals surface area contributed by atoms with E-state index < -0.39 is 0 Å². The van der Waals surface area contributed by atoms with E-state index in [1.807, 2.05) is 37.3 Å². The number of nitrogens with zero attached hydrogens (tertiary/aromatic N) is 1. The molecule has 0 aliphatic heterocycles. The maximum atomic E-state index is 6.08. The average Bonchev–Trinajstić information content (AvgIpc) is 3.32. The van der Waals surface area contributed by atoms with Crippen LogP contribution < -0.4 is 14.8 Å². The molecule has 0 atom stereocenters. The van der Waals surface area contributed by atoms with Crippen LogP contribution in [0.3, 0.4) is 0 Å². The van der Waals surface area contributed by atoms with Gasteiger partial charge in [-0.3, -0.25) is 0 Å². The fraction of sp³-hybridized carbons (Fsp3) is 0.167. The zero-order chi connectivity index (χ0) is 24.9. The van der Waals surface area contributed by atoms with Crippen LogP contribution in [0.15, 0.2) is 89.4 Å². The second-order valence-electron chi connectivity index (χ2n) is 8.52. The molecule has 0 amide bonds. The topological polar surface area (TPSA) is 43.4 Å². The Morgan fingerprint density at radius 3 is 2.44 bits per heavy atom. The van der Waals surface area contributed by atoms with Gasteiger partial charge in [-0.25, -0.2) is 4.98 Å². The van der Waals surface area contributed by atoms with Crippen molar-refractivity contribution in [1.82, 2.24) is 4.98 Å². The largest absolute Gasteiger partial charge is 0.490 e. The minimum atomic E-state index is 0.492. The molecule has 1 N–H and O–H groups in total. The van der Waals surface area contributed by atoms with E-state index in [0.29, 0.717) is 19.8 Å². The fourth-order valence-corrected chi connectivity index (χ4v) is 5.44. The molecule has 0 fully saturated rings. The number of thiazole rings is 1. The van der Waals surface area contributed by atoms with Gasteiger partial charge in [-0.2, -0.15) is 0 Å². The Hall–Kier alpha value is -3.35. The Morgan fingerprint density at radius 2 is 1.67 bits per heavy atom. The van der Waals surface area contributed by atoms with Crippen LogP contribution in [0.5, 0.6) is 11.5 Å². The van der Waals surface area contributed by atoms with Gasteiger partial charge in [0.1, 0.15) is 11.6 Å². The standard InChI is InChI=1S/C30H27BrN2O2S/c1-3-34-27-16-23(25(31)17-28(27)35-19-21-7-5-4-6-8-21)18-32-24-12-10-22(11-13-24)30-33-26-14-9-20(2)15-29(26)36-30/h4-17,32H,3,18-19H2,1-2H3. The van der Waals surface area contributed by atoms with Gasteiger partial charge >= 0.3 is 0 Å². The summed E-state index contributed by atoms with van der Waals surface area (Å²) in [6.45, 7) is 5.81. The lowest BCUT2D eigenvalue weighted by Gasteiger charge is -2.16. The van der Waals surface area contributed by atoms with Crippen LogP contribution in [0, 0.1) is 6.92 Å². The number of aromatic nitrogens is 1. The summed E-state index contributed by atoms with van der Waals surface area (Å²) in [6, 6.07) is 29.0. The molecule has 6 heteroatoms. The van der Waals surface area contributed by atoms with Gasteiger partial charge in [0.2, 0.25) is 0 Å². The normalized spacial score (nSPS) is 11.0. The molecule has 0 aliphatic carbocycles. The van der Waals surface area contributed by atoms with Crippen molar-refractivity contribution < 1.29 is 9.47 Å². The van der Waals surface area contributed by atoms with Gasteiger partial charge in [-0.15, -0.1) is 11.3 Å². The molecule has 5 rings (SSSR count). The first kappa shape index (κ1) is 24.3. The highest BCUT2D eigenvalue weighted by atomic mass is 79.9. The lowest BCUT2D eigenvalue weighted by Crippen LogP contribution is -2.04. The van der Waals surface area contributed by atoms with Crippen LogP contribution in [0.25, 0.3) is 20.8 Å². The van der Waals surface area contributed by atoms with Crippen molar-refractivity contribution >= 4 is 43.2 Å². The quantitative estimate of drug-likeness (QED) is 0.196. The smallest absolute Gasteiger partial charge is 0.162 e. The number of ether oxygens (including phenoxy) is 2. The maximum absolute atomic E-state index is 6.08.